The molecule has 0 bridgehead atoms. The van der Waals surface area contributed by atoms with Crippen molar-refractivity contribution in [3.8, 4) is 0 Å². The van der Waals surface area contributed by atoms with Crippen LogP contribution in [0.25, 0.3) is 11.1 Å². The second-order valence-corrected chi connectivity index (χ2v) is 4.41. The van der Waals surface area contributed by atoms with Crippen molar-refractivity contribution in [1.82, 2.24) is 9.99 Å². The Morgan fingerprint density at radius 1 is 1.24 bits per heavy atom. The van der Waals surface area contributed by atoms with Gasteiger partial charge in [0, 0.05) is 18.8 Å². The van der Waals surface area contributed by atoms with E-state index in [0.717, 1.165) is 24.2 Å². The molecule has 1 aliphatic heterocycles. The van der Waals surface area contributed by atoms with Crippen LogP contribution in [-0.2, 0) is 0 Å². The fourth-order valence-corrected chi connectivity index (χ4v) is 2.13. The minimum absolute atomic E-state index is 0.549. The predicted molar refractivity (Wildman–Crippen MR) is 67.5 cm³/mol. The van der Waals surface area contributed by atoms with Gasteiger partial charge in [0.15, 0.2) is 5.58 Å². The topological polar surface area (TPSA) is 67.3 Å². The summed E-state index contributed by atoms with van der Waals surface area (Å²) in [7, 11) is 0. The highest BCUT2D eigenvalue weighted by atomic mass is 16.4. The van der Waals surface area contributed by atoms with Gasteiger partial charge in [-0.1, -0.05) is 6.42 Å². The van der Waals surface area contributed by atoms with Crippen LogP contribution >= 0.6 is 0 Å². The molecular formula is C12H16N4O. The summed E-state index contributed by atoms with van der Waals surface area (Å²) in [4.78, 5) is 4.37. The van der Waals surface area contributed by atoms with Gasteiger partial charge in [0.05, 0.1) is 0 Å². The molecule has 5 nitrogen and oxygen atoms in total. The second kappa shape index (κ2) is 4.25. The van der Waals surface area contributed by atoms with Crippen molar-refractivity contribution in [3.63, 3.8) is 0 Å². The fourth-order valence-electron chi connectivity index (χ4n) is 2.13. The molecule has 0 radical (unpaired) electrons. The number of nitrogens with one attached hydrogen (secondary N) is 1. The number of piperidine rings is 1. The highest BCUT2D eigenvalue weighted by Gasteiger charge is 2.13. The van der Waals surface area contributed by atoms with E-state index >= 15 is 0 Å². The summed E-state index contributed by atoms with van der Waals surface area (Å²) in [6, 6.07) is 6.03. The van der Waals surface area contributed by atoms with Crippen LogP contribution in [0.2, 0.25) is 0 Å². The van der Waals surface area contributed by atoms with Crippen LogP contribution < -0.4 is 11.2 Å². The van der Waals surface area contributed by atoms with Gasteiger partial charge in [0.25, 0.3) is 0 Å². The van der Waals surface area contributed by atoms with Crippen LogP contribution in [-0.4, -0.2) is 23.1 Å². The number of nitrogens with zero attached hydrogens (tertiary/aromatic N) is 2. The Morgan fingerprint density at radius 2 is 2.06 bits per heavy atom. The van der Waals surface area contributed by atoms with E-state index in [4.69, 9.17) is 10.2 Å². The summed E-state index contributed by atoms with van der Waals surface area (Å²) in [6.07, 6.45) is 3.75. The Balaban J connectivity index is 1.80. The minimum atomic E-state index is 0.549. The van der Waals surface area contributed by atoms with Gasteiger partial charge in [-0.05, 0) is 31.0 Å². The second-order valence-electron chi connectivity index (χ2n) is 4.41. The molecule has 0 atom stereocenters. The summed E-state index contributed by atoms with van der Waals surface area (Å²) in [6.45, 7) is 2.09. The quantitative estimate of drug-likeness (QED) is 0.777. The monoisotopic (exact) mass is 232 g/mol. The summed E-state index contributed by atoms with van der Waals surface area (Å²) in [5, 5.41) is 2.15. The Hall–Kier alpha value is -1.75. The third kappa shape index (κ3) is 2.19. The third-order valence-corrected chi connectivity index (χ3v) is 3.02. The molecule has 1 aliphatic rings. The Kier molecular flexibility index (Phi) is 2.60. The van der Waals surface area contributed by atoms with Crippen LogP contribution in [0.4, 0.5) is 11.7 Å². The van der Waals surface area contributed by atoms with Crippen LogP contribution in [0.3, 0.4) is 0 Å². The zero-order valence-corrected chi connectivity index (χ0v) is 9.65. The molecule has 3 N–H and O–H groups in total. The van der Waals surface area contributed by atoms with Crippen molar-refractivity contribution in [2.24, 2.45) is 0 Å². The summed E-state index contributed by atoms with van der Waals surface area (Å²) in [5.41, 5.74) is 11.2. The number of hydrazine groups is 1. The molecule has 2 aromatic rings. The summed E-state index contributed by atoms with van der Waals surface area (Å²) >= 11 is 0. The van der Waals surface area contributed by atoms with E-state index in [1.54, 1.807) is 0 Å². The van der Waals surface area contributed by atoms with Gasteiger partial charge in [-0.3, -0.25) is 5.43 Å². The van der Waals surface area contributed by atoms with E-state index in [9.17, 15) is 0 Å². The van der Waals surface area contributed by atoms with Gasteiger partial charge in [0.2, 0.25) is 0 Å². The lowest BCUT2D eigenvalue weighted by Gasteiger charge is -2.25. The Morgan fingerprint density at radius 3 is 2.88 bits per heavy atom. The number of benzene rings is 1. The largest absolute Gasteiger partial charge is 0.423 e. The number of nitrogen functional groups attached to an aromatic ring is 1. The van der Waals surface area contributed by atoms with Crippen LogP contribution in [0.15, 0.2) is 22.6 Å². The van der Waals surface area contributed by atoms with Crippen molar-refractivity contribution in [1.29, 1.82) is 0 Å². The average molecular weight is 232 g/mol. The van der Waals surface area contributed by atoms with Crippen LogP contribution in [0.1, 0.15) is 19.3 Å². The molecular weight excluding hydrogens is 216 g/mol. The van der Waals surface area contributed by atoms with Gasteiger partial charge in [-0.15, -0.1) is 0 Å². The first-order valence-electron chi connectivity index (χ1n) is 5.99. The molecule has 0 unspecified atom stereocenters. The molecule has 1 aromatic heterocycles. The maximum absolute atomic E-state index is 5.70. The lowest BCUT2D eigenvalue weighted by atomic mass is 10.2. The van der Waals surface area contributed by atoms with Gasteiger partial charge in [0.1, 0.15) is 5.52 Å². The molecule has 2 heterocycles. The number of aromatic nitrogens is 1. The van der Waals surface area contributed by atoms with E-state index in [2.05, 4.69) is 15.4 Å². The molecule has 0 amide bonds. The zero-order valence-electron chi connectivity index (χ0n) is 9.65. The van der Waals surface area contributed by atoms with Crippen molar-refractivity contribution < 1.29 is 4.42 Å². The molecule has 5 heteroatoms. The molecule has 3 rings (SSSR count). The van der Waals surface area contributed by atoms with Crippen molar-refractivity contribution in [2.45, 2.75) is 19.3 Å². The highest BCUT2D eigenvalue weighted by Crippen LogP contribution is 2.21. The molecule has 90 valence electrons. The van der Waals surface area contributed by atoms with E-state index < -0.39 is 0 Å². The summed E-state index contributed by atoms with van der Waals surface area (Å²) < 4.78 is 5.61. The van der Waals surface area contributed by atoms with Crippen LogP contribution in [0.5, 0.6) is 0 Å². The van der Waals surface area contributed by atoms with E-state index in [1.807, 2.05) is 18.2 Å². The van der Waals surface area contributed by atoms with Gasteiger partial charge in [-0.2, -0.15) is 4.98 Å². The number of hydrogen-bond acceptors (Lipinski definition) is 5. The smallest absolute Gasteiger partial charge is 0.310 e. The van der Waals surface area contributed by atoms with Gasteiger partial charge < -0.3 is 10.2 Å². The van der Waals surface area contributed by atoms with Crippen molar-refractivity contribution in [3.05, 3.63) is 18.2 Å². The molecule has 17 heavy (non-hydrogen) atoms. The molecule has 0 aliphatic carbocycles. The summed E-state index contributed by atoms with van der Waals surface area (Å²) in [5.74, 6) is 0. The molecule has 0 spiro atoms. The number of anilines is 2. The van der Waals surface area contributed by atoms with Crippen molar-refractivity contribution in [2.75, 3.05) is 24.2 Å². The normalized spacial score (nSPS) is 17.4. The number of oxazole rings is 1. The third-order valence-electron chi connectivity index (χ3n) is 3.02. The van der Waals surface area contributed by atoms with E-state index in [0.29, 0.717) is 11.7 Å². The fraction of sp³-hybridized carbons (Fsp3) is 0.417. The van der Waals surface area contributed by atoms with Crippen molar-refractivity contribution >= 4 is 22.8 Å². The number of fused-ring (bicyclic) bond motifs is 1. The first-order chi connectivity index (χ1) is 8.31. The molecule has 1 fully saturated rings. The van der Waals surface area contributed by atoms with Gasteiger partial charge in [-0.25, -0.2) is 5.01 Å². The molecule has 1 aromatic carbocycles. The first-order valence-corrected chi connectivity index (χ1v) is 5.99. The minimum Gasteiger partial charge on any atom is -0.423 e. The first kappa shape index (κ1) is 10.4. The zero-order chi connectivity index (χ0) is 11.7. The molecule has 0 saturated carbocycles. The Bertz CT molecular complexity index is 516. The standard InChI is InChI=1S/C12H16N4O/c13-9-4-5-11-10(8-9)14-12(17-11)15-16-6-2-1-3-7-16/h4-5,8H,1-3,6-7,13H2,(H,14,15). The highest BCUT2D eigenvalue weighted by molar-refractivity contribution is 5.78. The SMILES string of the molecule is Nc1ccc2oc(NN3CCCCC3)nc2c1. The number of rotatable bonds is 2. The maximum Gasteiger partial charge on any atom is 0.310 e. The lowest BCUT2D eigenvalue weighted by molar-refractivity contribution is 0.265. The van der Waals surface area contributed by atoms with E-state index in [1.165, 1.54) is 19.3 Å². The Labute approximate surface area is 99.6 Å². The maximum atomic E-state index is 5.70. The number of nitrogens with two attached hydrogens (primary N) is 1. The lowest BCUT2D eigenvalue weighted by Crippen LogP contribution is -2.34. The average Bonchev–Trinajstić information content (AvgIpc) is 2.71. The van der Waals surface area contributed by atoms with Crippen LogP contribution in [0, 0.1) is 0 Å². The molecule has 1 saturated heterocycles. The number of hydrogen-bond donors (Lipinski definition) is 2. The van der Waals surface area contributed by atoms with E-state index in [-0.39, 0.29) is 0 Å². The predicted octanol–water partition coefficient (Wildman–Crippen LogP) is 2.22. The van der Waals surface area contributed by atoms with Gasteiger partial charge >= 0.3 is 6.01 Å².